The Balaban J connectivity index is 1.75. The summed E-state index contributed by atoms with van der Waals surface area (Å²) < 4.78 is 9.60. The zero-order valence-electron chi connectivity index (χ0n) is 15.0. The van der Waals surface area contributed by atoms with Gasteiger partial charge in [-0.05, 0) is 61.8 Å². The average molecular weight is 381 g/mol. The van der Waals surface area contributed by atoms with Gasteiger partial charge in [-0.25, -0.2) is 0 Å². The largest absolute Gasteiger partial charge is 0.494 e. The maximum Gasteiger partial charge on any atom is 0.260 e. The number of carbonyl (C=O) groups excluding carboxylic acids is 2. The normalized spacial score (nSPS) is 10.3. The van der Waals surface area contributed by atoms with E-state index in [4.69, 9.17) is 4.74 Å². The first-order chi connectivity index (χ1) is 13.1. The Kier molecular flexibility index (Phi) is 5.83. The molecule has 0 aliphatic carbocycles. The van der Waals surface area contributed by atoms with Crippen LogP contribution in [-0.2, 0) is 0 Å². The van der Waals surface area contributed by atoms with E-state index in [-0.39, 0.29) is 11.8 Å². The number of rotatable bonds is 6. The second kappa shape index (κ2) is 8.46. The molecule has 0 spiro atoms. The molecule has 138 valence electrons. The quantitative estimate of drug-likeness (QED) is 0.665. The maximum atomic E-state index is 12.7. The highest BCUT2D eigenvalue weighted by Crippen LogP contribution is 2.26. The fraction of sp³-hybridized carbons (Fsp3) is 0.150. The van der Waals surface area contributed by atoms with E-state index in [0.29, 0.717) is 34.1 Å². The molecule has 0 saturated heterocycles. The lowest BCUT2D eigenvalue weighted by atomic mass is 10.2. The van der Waals surface area contributed by atoms with Crippen LogP contribution in [0.3, 0.4) is 0 Å². The van der Waals surface area contributed by atoms with Crippen LogP contribution < -0.4 is 15.4 Å². The minimum absolute atomic E-state index is 0.283. The van der Waals surface area contributed by atoms with E-state index >= 15 is 0 Å². The highest BCUT2D eigenvalue weighted by Gasteiger charge is 2.20. The lowest BCUT2D eigenvalue weighted by Gasteiger charge is -2.09. The Morgan fingerprint density at radius 3 is 2.37 bits per heavy atom. The Bertz CT molecular complexity index is 937. The molecule has 0 aliphatic heterocycles. The summed E-state index contributed by atoms with van der Waals surface area (Å²) in [4.78, 5) is 25.1. The number of amides is 2. The van der Waals surface area contributed by atoms with Gasteiger partial charge in [-0.1, -0.05) is 18.2 Å². The van der Waals surface area contributed by atoms with Crippen LogP contribution in [-0.4, -0.2) is 22.8 Å². The molecule has 3 rings (SSSR count). The number of ether oxygens (including phenoxy) is 1. The molecular weight excluding hydrogens is 362 g/mol. The fourth-order valence-corrected chi connectivity index (χ4v) is 3.27. The first kappa shape index (κ1) is 18.6. The summed E-state index contributed by atoms with van der Waals surface area (Å²) in [7, 11) is 0. The maximum absolute atomic E-state index is 12.7. The fourth-order valence-electron chi connectivity index (χ4n) is 2.48. The molecule has 2 aromatic carbocycles. The summed E-state index contributed by atoms with van der Waals surface area (Å²) in [5.74, 6) is 0.128. The Hall–Kier alpha value is -3.19. The topological polar surface area (TPSA) is 80.3 Å². The molecule has 3 aromatic rings. The van der Waals surface area contributed by atoms with Gasteiger partial charge >= 0.3 is 0 Å². The number of nitrogens with one attached hydrogen (secondary N) is 2. The van der Waals surface area contributed by atoms with Gasteiger partial charge in [-0.15, -0.1) is 0 Å². The van der Waals surface area contributed by atoms with Gasteiger partial charge in [0.25, 0.3) is 11.8 Å². The van der Waals surface area contributed by atoms with Crippen LogP contribution >= 0.6 is 11.5 Å². The summed E-state index contributed by atoms with van der Waals surface area (Å²) in [5.41, 5.74) is 2.07. The van der Waals surface area contributed by atoms with Crippen LogP contribution in [0.1, 0.15) is 33.3 Å². The van der Waals surface area contributed by atoms with E-state index in [1.807, 2.05) is 13.0 Å². The molecule has 7 heteroatoms. The number of nitrogens with zero attached hydrogens (tertiary/aromatic N) is 1. The minimum Gasteiger partial charge on any atom is -0.494 e. The number of aromatic nitrogens is 1. The van der Waals surface area contributed by atoms with Crippen LogP contribution in [0.2, 0.25) is 0 Å². The third-order valence-corrected chi connectivity index (χ3v) is 4.63. The van der Waals surface area contributed by atoms with E-state index in [9.17, 15) is 9.59 Å². The van der Waals surface area contributed by atoms with E-state index in [1.165, 1.54) is 0 Å². The molecule has 2 N–H and O–H groups in total. The SMILES string of the molecule is CCOc1ccc(NC(=O)c2c(C)nsc2NC(=O)c2ccccc2)cc1. The number of anilines is 2. The second-order valence-corrected chi connectivity index (χ2v) is 6.48. The molecule has 0 unspecified atom stereocenters. The standard InChI is InChI=1S/C20H19N3O3S/c1-3-26-16-11-9-15(10-12-16)21-19(25)17-13(2)23-27-20(17)22-18(24)14-7-5-4-6-8-14/h4-12H,3H2,1-2H3,(H,21,25)(H,22,24). The lowest BCUT2D eigenvalue weighted by molar-refractivity contribution is 0.102. The Labute approximate surface area is 161 Å². The first-order valence-corrected chi connectivity index (χ1v) is 9.22. The van der Waals surface area contributed by atoms with Crippen molar-refractivity contribution in [2.24, 2.45) is 0 Å². The van der Waals surface area contributed by atoms with Crippen molar-refractivity contribution in [1.82, 2.24) is 4.37 Å². The van der Waals surface area contributed by atoms with Gasteiger partial charge in [0.05, 0.1) is 17.9 Å². The zero-order valence-corrected chi connectivity index (χ0v) is 15.8. The lowest BCUT2D eigenvalue weighted by Crippen LogP contribution is -2.17. The van der Waals surface area contributed by atoms with Gasteiger partial charge in [0.15, 0.2) is 0 Å². The van der Waals surface area contributed by atoms with Gasteiger partial charge in [-0.3, -0.25) is 9.59 Å². The molecule has 0 radical (unpaired) electrons. The van der Waals surface area contributed by atoms with Gasteiger partial charge in [0, 0.05) is 11.3 Å². The minimum atomic E-state index is -0.325. The second-order valence-electron chi connectivity index (χ2n) is 5.70. The molecule has 0 saturated carbocycles. The number of carbonyl (C=O) groups is 2. The summed E-state index contributed by atoms with van der Waals surface area (Å²) >= 11 is 1.08. The number of benzene rings is 2. The molecule has 27 heavy (non-hydrogen) atoms. The number of aryl methyl sites for hydroxylation is 1. The smallest absolute Gasteiger partial charge is 0.260 e. The van der Waals surface area contributed by atoms with E-state index in [2.05, 4.69) is 15.0 Å². The van der Waals surface area contributed by atoms with Crippen molar-refractivity contribution >= 4 is 34.0 Å². The molecular formula is C20H19N3O3S. The third-order valence-electron chi connectivity index (χ3n) is 3.78. The predicted octanol–water partition coefficient (Wildman–Crippen LogP) is 4.35. The summed E-state index contributed by atoms with van der Waals surface area (Å²) in [6.07, 6.45) is 0. The van der Waals surface area contributed by atoms with E-state index in [0.717, 1.165) is 17.3 Å². The molecule has 1 aromatic heterocycles. The predicted molar refractivity (Wildman–Crippen MR) is 107 cm³/mol. The van der Waals surface area contributed by atoms with Crippen LogP contribution in [0, 0.1) is 6.92 Å². The van der Waals surface area contributed by atoms with Crippen molar-refractivity contribution in [3.63, 3.8) is 0 Å². The summed E-state index contributed by atoms with van der Waals surface area (Å²) in [5, 5.41) is 6.03. The summed E-state index contributed by atoms with van der Waals surface area (Å²) in [6.45, 7) is 4.23. The summed E-state index contributed by atoms with van der Waals surface area (Å²) in [6, 6.07) is 15.9. The van der Waals surface area contributed by atoms with Crippen molar-refractivity contribution in [3.05, 3.63) is 71.4 Å². The van der Waals surface area contributed by atoms with Gasteiger partial charge in [0.2, 0.25) is 0 Å². The van der Waals surface area contributed by atoms with Gasteiger partial charge in [0.1, 0.15) is 10.8 Å². The van der Waals surface area contributed by atoms with Crippen LogP contribution in [0.5, 0.6) is 5.75 Å². The van der Waals surface area contributed by atoms with Gasteiger partial charge < -0.3 is 15.4 Å². The number of hydrogen-bond acceptors (Lipinski definition) is 5. The average Bonchev–Trinajstić information content (AvgIpc) is 3.04. The van der Waals surface area contributed by atoms with Crippen molar-refractivity contribution < 1.29 is 14.3 Å². The highest BCUT2D eigenvalue weighted by molar-refractivity contribution is 7.11. The Morgan fingerprint density at radius 1 is 1.00 bits per heavy atom. The molecule has 0 atom stereocenters. The number of hydrogen-bond donors (Lipinski definition) is 2. The van der Waals surface area contributed by atoms with Crippen molar-refractivity contribution in [1.29, 1.82) is 0 Å². The zero-order chi connectivity index (χ0) is 19.2. The van der Waals surface area contributed by atoms with Crippen molar-refractivity contribution in [3.8, 4) is 5.75 Å². The molecule has 0 aliphatic rings. The van der Waals surface area contributed by atoms with Crippen molar-refractivity contribution in [2.75, 3.05) is 17.2 Å². The monoisotopic (exact) mass is 381 g/mol. The highest BCUT2D eigenvalue weighted by atomic mass is 32.1. The molecule has 2 amide bonds. The first-order valence-electron chi connectivity index (χ1n) is 8.45. The molecule has 1 heterocycles. The van der Waals surface area contributed by atoms with Crippen LogP contribution in [0.15, 0.2) is 54.6 Å². The molecule has 6 nitrogen and oxygen atoms in total. The van der Waals surface area contributed by atoms with E-state index < -0.39 is 0 Å². The Morgan fingerprint density at radius 2 is 1.70 bits per heavy atom. The molecule has 0 fully saturated rings. The van der Waals surface area contributed by atoms with Crippen molar-refractivity contribution in [2.45, 2.75) is 13.8 Å². The molecule has 0 bridgehead atoms. The third kappa shape index (κ3) is 4.51. The van der Waals surface area contributed by atoms with Crippen LogP contribution in [0.4, 0.5) is 10.7 Å². The van der Waals surface area contributed by atoms with E-state index in [1.54, 1.807) is 55.5 Å². The van der Waals surface area contributed by atoms with Crippen LogP contribution in [0.25, 0.3) is 0 Å². The van der Waals surface area contributed by atoms with Gasteiger partial charge in [-0.2, -0.15) is 4.37 Å².